The maximum atomic E-state index is 13.2. The number of Topliss-reactive ketones (excluding diaryl/α,β-unsaturated/α-hetero) is 1. The zero-order chi connectivity index (χ0) is 22.2. The van der Waals surface area contributed by atoms with Gasteiger partial charge in [-0.3, -0.25) is 9.59 Å². The van der Waals surface area contributed by atoms with Crippen molar-refractivity contribution in [3.8, 4) is 0 Å². The van der Waals surface area contributed by atoms with E-state index >= 15 is 0 Å². The average molecular weight is 431 g/mol. The number of rotatable bonds is 4. The Morgan fingerprint density at radius 2 is 2.10 bits per heavy atom. The van der Waals surface area contributed by atoms with Gasteiger partial charge in [-0.05, 0) is 56.1 Å². The number of ketones is 2. The van der Waals surface area contributed by atoms with Gasteiger partial charge < -0.3 is 19.7 Å². The quantitative estimate of drug-likeness (QED) is 0.712. The number of aliphatic hydroxyl groups excluding tert-OH is 2. The minimum Gasteiger partial charge on any atom is -0.393 e. The largest absolute Gasteiger partial charge is 0.393 e. The van der Waals surface area contributed by atoms with E-state index in [0.717, 1.165) is 24.8 Å². The highest BCUT2D eigenvalue weighted by molar-refractivity contribution is 6.01. The molecule has 0 aromatic carbocycles. The molecule has 3 saturated carbocycles. The van der Waals surface area contributed by atoms with Crippen LogP contribution in [0.3, 0.4) is 0 Å². The molecule has 4 fully saturated rings. The third kappa shape index (κ3) is 2.65. The monoisotopic (exact) mass is 430 g/mol. The Bertz CT molecular complexity index is 862. The molecule has 6 nitrogen and oxygen atoms in total. The number of ether oxygens (including phenoxy) is 2. The normalized spacial score (nSPS) is 50.4. The van der Waals surface area contributed by atoms with E-state index in [9.17, 15) is 19.8 Å². The van der Waals surface area contributed by atoms with Gasteiger partial charge in [0.2, 0.25) is 0 Å². The molecule has 4 aliphatic carbocycles. The van der Waals surface area contributed by atoms with E-state index < -0.39 is 36.1 Å². The highest BCUT2D eigenvalue weighted by Crippen LogP contribution is 2.69. The average Bonchev–Trinajstić information content (AvgIpc) is 3.20. The van der Waals surface area contributed by atoms with Crippen molar-refractivity contribution in [3.63, 3.8) is 0 Å². The molecule has 0 aromatic heterocycles. The molecule has 5 rings (SSSR count). The van der Waals surface area contributed by atoms with Crippen LogP contribution in [0, 0.1) is 28.6 Å². The highest BCUT2D eigenvalue weighted by Gasteiger charge is 2.75. The molecule has 0 spiro atoms. The van der Waals surface area contributed by atoms with Crippen LogP contribution >= 0.6 is 0 Å². The van der Waals surface area contributed by atoms with Gasteiger partial charge in [-0.1, -0.05) is 38.8 Å². The van der Waals surface area contributed by atoms with Crippen molar-refractivity contribution in [1.82, 2.24) is 0 Å². The number of carbonyl (C=O) groups excluding carboxylic acids is 2. The van der Waals surface area contributed by atoms with Crippen LogP contribution in [-0.2, 0) is 19.1 Å². The first kappa shape index (κ1) is 21.5. The fourth-order valence-electron chi connectivity index (χ4n) is 8.12. The summed E-state index contributed by atoms with van der Waals surface area (Å²) in [6, 6.07) is 0. The van der Waals surface area contributed by atoms with Gasteiger partial charge in [0, 0.05) is 16.7 Å². The zero-order valence-corrected chi connectivity index (χ0v) is 18.7. The van der Waals surface area contributed by atoms with Crippen LogP contribution in [0.4, 0.5) is 0 Å². The summed E-state index contributed by atoms with van der Waals surface area (Å²) in [4.78, 5) is 25.2. The molecule has 9 atom stereocenters. The van der Waals surface area contributed by atoms with E-state index in [2.05, 4.69) is 20.8 Å². The molecule has 1 saturated heterocycles. The molecule has 0 radical (unpaired) electrons. The van der Waals surface area contributed by atoms with Crippen LogP contribution in [0.25, 0.3) is 0 Å². The lowest BCUT2D eigenvalue weighted by molar-refractivity contribution is -0.200. The Hall–Kier alpha value is -1.34. The van der Waals surface area contributed by atoms with Gasteiger partial charge in [0.05, 0.1) is 12.2 Å². The Morgan fingerprint density at radius 1 is 1.32 bits per heavy atom. The van der Waals surface area contributed by atoms with Gasteiger partial charge in [0.1, 0.15) is 6.61 Å². The number of hydrogen-bond donors (Lipinski definition) is 2. The van der Waals surface area contributed by atoms with Gasteiger partial charge in [0.25, 0.3) is 0 Å². The second kappa shape index (κ2) is 7.08. The fourth-order valence-corrected chi connectivity index (χ4v) is 8.12. The molecule has 6 heteroatoms. The summed E-state index contributed by atoms with van der Waals surface area (Å²) in [7, 11) is 0. The standard InChI is InChI=1S/C25H34O6/c1-4-5-21-30-20-11-17-16-7-6-14-10-15(27)8-9-23(14,2)22(16)18(28)12-24(17,3)25(20,31-21)19(29)13-26/h8-10,16-18,20-22,26,28H,4-7,11-13H2,1-3H3/t16-,17-,18-,20?,21?,22+,23-,24-,25+/m0/s1. The van der Waals surface area contributed by atoms with Gasteiger partial charge >= 0.3 is 0 Å². The van der Waals surface area contributed by atoms with Crippen LogP contribution < -0.4 is 0 Å². The Balaban J connectivity index is 1.55. The smallest absolute Gasteiger partial charge is 0.193 e. The lowest BCUT2D eigenvalue weighted by Gasteiger charge is -2.59. The van der Waals surface area contributed by atoms with Crippen molar-refractivity contribution in [2.24, 2.45) is 28.6 Å². The van der Waals surface area contributed by atoms with Crippen LogP contribution in [-0.4, -0.2) is 52.5 Å². The molecule has 0 aromatic rings. The second-order valence-electron chi connectivity index (χ2n) is 10.7. The van der Waals surface area contributed by atoms with Crippen LogP contribution in [0.2, 0.25) is 0 Å². The molecule has 31 heavy (non-hydrogen) atoms. The van der Waals surface area contributed by atoms with Gasteiger partial charge in [0.15, 0.2) is 23.5 Å². The van der Waals surface area contributed by atoms with Crippen LogP contribution in [0.1, 0.15) is 59.3 Å². The third-order valence-electron chi connectivity index (χ3n) is 9.37. The molecule has 2 N–H and O–H groups in total. The minimum atomic E-state index is -1.20. The predicted octanol–water partition coefficient (Wildman–Crippen LogP) is 2.72. The maximum absolute atomic E-state index is 13.2. The summed E-state index contributed by atoms with van der Waals surface area (Å²) in [6.07, 6.45) is 8.31. The van der Waals surface area contributed by atoms with Crippen molar-refractivity contribution in [1.29, 1.82) is 0 Å². The van der Waals surface area contributed by atoms with Crippen LogP contribution in [0.15, 0.2) is 23.8 Å². The first-order chi connectivity index (χ1) is 14.7. The van der Waals surface area contributed by atoms with Crippen LogP contribution in [0.5, 0.6) is 0 Å². The Morgan fingerprint density at radius 3 is 2.81 bits per heavy atom. The molecule has 2 unspecified atom stereocenters. The van der Waals surface area contributed by atoms with Crippen molar-refractivity contribution in [2.45, 2.75) is 83.4 Å². The summed E-state index contributed by atoms with van der Waals surface area (Å²) in [5.74, 6) is 0.0274. The lowest BCUT2D eigenvalue weighted by atomic mass is 9.46. The van der Waals surface area contributed by atoms with E-state index in [-0.39, 0.29) is 34.7 Å². The van der Waals surface area contributed by atoms with Crippen molar-refractivity contribution in [3.05, 3.63) is 23.8 Å². The fraction of sp³-hybridized carbons (Fsp3) is 0.760. The highest BCUT2D eigenvalue weighted by atomic mass is 16.7. The summed E-state index contributed by atoms with van der Waals surface area (Å²) >= 11 is 0. The SMILES string of the molecule is CCCC1OC2C[C@H]3[C@@H]4CCC5=CC(=O)C=C[C@]5(C)[C@H]4[C@@H](O)C[C@]3(C)[C@]2(C(=O)CO)O1. The number of hydrogen-bond acceptors (Lipinski definition) is 6. The molecule has 0 bridgehead atoms. The van der Waals surface area contributed by atoms with E-state index in [1.54, 1.807) is 12.2 Å². The predicted molar refractivity (Wildman–Crippen MR) is 113 cm³/mol. The zero-order valence-electron chi connectivity index (χ0n) is 18.7. The number of carbonyl (C=O) groups is 2. The van der Waals surface area contributed by atoms with Gasteiger partial charge in [-0.25, -0.2) is 0 Å². The Kier molecular flexibility index (Phi) is 4.91. The maximum Gasteiger partial charge on any atom is 0.193 e. The summed E-state index contributed by atoms with van der Waals surface area (Å²) in [5, 5.41) is 21.4. The van der Waals surface area contributed by atoms with Crippen molar-refractivity contribution < 1.29 is 29.3 Å². The van der Waals surface area contributed by atoms with E-state index in [4.69, 9.17) is 9.47 Å². The second-order valence-corrected chi connectivity index (χ2v) is 10.7. The van der Waals surface area contributed by atoms with Crippen molar-refractivity contribution >= 4 is 11.6 Å². The molecule has 170 valence electrons. The van der Waals surface area contributed by atoms with E-state index in [1.807, 2.05) is 6.08 Å². The molecule has 1 heterocycles. The van der Waals surface area contributed by atoms with Crippen molar-refractivity contribution in [2.75, 3.05) is 6.61 Å². The number of allylic oxidation sites excluding steroid dienone is 4. The molecule has 0 amide bonds. The first-order valence-electron chi connectivity index (χ1n) is 11.8. The summed E-state index contributed by atoms with van der Waals surface area (Å²) < 4.78 is 12.7. The molecule has 5 aliphatic rings. The lowest BCUT2D eigenvalue weighted by Crippen LogP contribution is -2.63. The molecule has 1 aliphatic heterocycles. The van der Waals surface area contributed by atoms with Gasteiger partial charge in [-0.15, -0.1) is 0 Å². The topological polar surface area (TPSA) is 93.1 Å². The Labute approximate surface area is 183 Å². The van der Waals surface area contributed by atoms with E-state index in [1.165, 1.54) is 0 Å². The molecular formula is C25H34O6. The summed E-state index contributed by atoms with van der Waals surface area (Å²) in [5.41, 5.74) is -1.05. The first-order valence-corrected chi connectivity index (χ1v) is 11.8. The van der Waals surface area contributed by atoms with E-state index in [0.29, 0.717) is 19.3 Å². The number of aliphatic hydroxyl groups is 2. The third-order valence-corrected chi connectivity index (χ3v) is 9.37. The minimum absolute atomic E-state index is 0.0125. The molecular weight excluding hydrogens is 396 g/mol. The number of fused-ring (bicyclic) bond motifs is 7. The summed E-state index contributed by atoms with van der Waals surface area (Å²) in [6.45, 7) is 5.67. The van der Waals surface area contributed by atoms with Gasteiger partial charge in [-0.2, -0.15) is 0 Å².